The minimum absolute atomic E-state index is 0.0995. The predicted molar refractivity (Wildman–Crippen MR) is 73.2 cm³/mol. The summed E-state index contributed by atoms with van der Waals surface area (Å²) in [4.78, 5) is 0. The van der Waals surface area contributed by atoms with Gasteiger partial charge in [0.1, 0.15) is 5.82 Å². The smallest absolute Gasteiger partial charge is 0.126 e. The van der Waals surface area contributed by atoms with Crippen LogP contribution in [0.2, 0.25) is 0 Å². The van der Waals surface area contributed by atoms with Gasteiger partial charge in [-0.25, -0.2) is 4.39 Å². The lowest BCUT2D eigenvalue weighted by atomic mass is 9.86. The molecule has 0 aliphatic carbocycles. The average molecular weight is 253 g/mol. The standard InChI is InChI=1S/C15H24FNO/c1-12(8-9-18-3)14(11-17-2)10-13-6-4-5-7-15(13)16/h4-7,12,14,17H,8-11H2,1-3H3. The lowest BCUT2D eigenvalue weighted by molar-refractivity contribution is 0.164. The summed E-state index contributed by atoms with van der Waals surface area (Å²) in [6.45, 7) is 3.87. The van der Waals surface area contributed by atoms with Gasteiger partial charge in [0.2, 0.25) is 0 Å². The van der Waals surface area contributed by atoms with Gasteiger partial charge in [0.15, 0.2) is 0 Å². The van der Waals surface area contributed by atoms with Crippen molar-refractivity contribution < 1.29 is 9.13 Å². The van der Waals surface area contributed by atoms with Crippen LogP contribution in [0.25, 0.3) is 0 Å². The lowest BCUT2D eigenvalue weighted by Gasteiger charge is -2.24. The Morgan fingerprint density at radius 2 is 2.06 bits per heavy atom. The molecule has 0 amide bonds. The number of methoxy groups -OCH3 is 1. The number of ether oxygens (including phenoxy) is 1. The van der Waals surface area contributed by atoms with Crippen molar-refractivity contribution in [2.24, 2.45) is 11.8 Å². The van der Waals surface area contributed by atoms with Crippen molar-refractivity contribution in [1.29, 1.82) is 0 Å². The molecular formula is C15H24FNO. The Morgan fingerprint density at radius 3 is 2.67 bits per heavy atom. The van der Waals surface area contributed by atoms with Crippen LogP contribution in [0.4, 0.5) is 4.39 Å². The van der Waals surface area contributed by atoms with E-state index in [1.165, 1.54) is 6.07 Å². The summed E-state index contributed by atoms with van der Waals surface area (Å²) in [6, 6.07) is 7.04. The van der Waals surface area contributed by atoms with Crippen molar-refractivity contribution in [2.75, 3.05) is 27.3 Å². The first-order valence-corrected chi connectivity index (χ1v) is 6.56. The van der Waals surface area contributed by atoms with Gasteiger partial charge in [-0.15, -0.1) is 0 Å². The zero-order valence-electron chi connectivity index (χ0n) is 11.6. The molecule has 0 radical (unpaired) electrons. The normalized spacial score (nSPS) is 14.4. The van der Waals surface area contributed by atoms with E-state index in [0.717, 1.165) is 31.6 Å². The molecule has 2 nitrogen and oxygen atoms in total. The van der Waals surface area contributed by atoms with Crippen molar-refractivity contribution >= 4 is 0 Å². The summed E-state index contributed by atoms with van der Waals surface area (Å²) >= 11 is 0. The van der Waals surface area contributed by atoms with Gasteiger partial charge in [-0.05, 0) is 49.9 Å². The fourth-order valence-electron chi connectivity index (χ4n) is 2.22. The lowest BCUT2D eigenvalue weighted by Crippen LogP contribution is -2.27. The molecule has 0 aromatic heterocycles. The molecule has 1 aromatic rings. The molecule has 0 saturated heterocycles. The maximum atomic E-state index is 13.7. The molecule has 0 saturated carbocycles. The van der Waals surface area contributed by atoms with Gasteiger partial charge in [0.25, 0.3) is 0 Å². The second-order valence-electron chi connectivity index (χ2n) is 4.87. The Morgan fingerprint density at radius 1 is 1.33 bits per heavy atom. The average Bonchev–Trinajstić information content (AvgIpc) is 2.38. The van der Waals surface area contributed by atoms with Crippen LogP contribution in [0, 0.1) is 17.7 Å². The highest BCUT2D eigenvalue weighted by atomic mass is 19.1. The van der Waals surface area contributed by atoms with E-state index < -0.39 is 0 Å². The highest BCUT2D eigenvalue weighted by Gasteiger charge is 2.18. The largest absolute Gasteiger partial charge is 0.385 e. The maximum absolute atomic E-state index is 13.7. The van der Waals surface area contributed by atoms with E-state index in [0.29, 0.717) is 11.8 Å². The van der Waals surface area contributed by atoms with Crippen LogP contribution in [0.1, 0.15) is 18.9 Å². The topological polar surface area (TPSA) is 21.3 Å². The Bertz CT molecular complexity index is 343. The highest BCUT2D eigenvalue weighted by molar-refractivity contribution is 5.18. The molecule has 2 unspecified atom stereocenters. The number of hydrogen-bond acceptors (Lipinski definition) is 2. The predicted octanol–water partition coefficient (Wildman–Crippen LogP) is 2.88. The molecule has 0 bridgehead atoms. The minimum atomic E-state index is -0.0995. The van der Waals surface area contributed by atoms with E-state index in [4.69, 9.17) is 4.74 Å². The summed E-state index contributed by atoms with van der Waals surface area (Å²) < 4.78 is 18.8. The monoisotopic (exact) mass is 253 g/mol. The quantitative estimate of drug-likeness (QED) is 0.769. The highest BCUT2D eigenvalue weighted by Crippen LogP contribution is 2.21. The molecule has 102 valence electrons. The van der Waals surface area contributed by atoms with Crippen molar-refractivity contribution in [3.8, 4) is 0 Å². The number of benzene rings is 1. The van der Waals surface area contributed by atoms with Crippen molar-refractivity contribution in [3.63, 3.8) is 0 Å². The summed E-state index contributed by atoms with van der Waals surface area (Å²) in [5, 5.41) is 3.20. The SMILES string of the molecule is CNCC(Cc1ccccc1F)C(C)CCOC. The zero-order chi connectivity index (χ0) is 13.4. The fourth-order valence-corrected chi connectivity index (χ4v) is 2.22. The van der Waals surface area contributed by atoms with Crippen LogP contribution in [0.5, 0.6) is 0 Å². The van der Waals surface area contributed by atoms with Crippen LogP contribution in [-0.4, -0.2) is 27.3 Å². The number of hydrogen-bond donors (Lipinski definition) is 1. The first-order valence-electron chi connectivity index (χ1n) is 6.56. The van der Waals surface area contributed by atoms with E-state index in [2.05, 4.69) is 12.2 Å². The summed E-state index contributed by atoms with van der Waals surface area (Å²) in [7, 11) is 3.66. The third-order valence-corrected chi connectivity index (χ3v) is 3.49. The van der Waals surface area contributed by atoms with Gasteiger partial charge >= 0.3 is 0 Å². The van der Waals surface area contributed by atoms with Crippen molar-refractivity contribution in [2.45, 2.75) is 19.8 Å². The third kappa shape index (κ3) is 4.75. The van der Waals surface area contributed by atoms with Crippen LogP contribution in [0.15, 0.2) is 24.3 Å². The van der Waals surface area contributed by atoms with Crippen LogP contribution < -0.4 is 5.32 Å². The van der Waals surface area contributed by atoms with Crippen LogP contribution in [-0.2, 0) is 11.2 Å². The molecule has 18 heavy (non-hydrogen) atoms. The molecule has 2 atom stereocenters. The summed E-state index contributed by atoms with van der Waals surface area (Å²) in [5.41, 5.74) is 0.807. The van der Waals surface area contributed by atoms with Gasteiger partial charge in [-0.1, -0.05) is 25.1 Å². The summed E-state index contributed by atoms with van der Waals surface area (Å²) in [5.74, 6) is 0.844. The molecule has 0 aliphatic rings. The van der Waals surface area contributed by atoms with Gasteiger partial charge in [-0.2, -0.15) is 0 Å². The second-order valence-corrected chi connectivity index (χ2v) is 4.87. The van der Waals surface area contributed by atoms with Gasteiger partial charge < -0.3 is 10.1 Å². The Hall–Kier alpha value is -0.930. The number of rotatable bonds is 8. The number of nitrogens with one attached hydrogen (secondary N) is 1. The van der Waals surface area contributed by atoms with Crippen LogP contribution in [0.3, 0.4) is 0 Å². The van der Waals surface area contributed by atoms with Gasteiger partial charge in [-0.3, -0.25) is 0 Å². The molecule has 0 heterocycles. The van der Waals surface area contributed by atoms with Gasteiger partial charge in [0.05, 0.1) is 0 Å². The molecule has 0 fully saturated rings. The number of halogens is 1. The fraction of sp³-hybridized carbons (Fsp3) is 0.600. The molecule has 0 spiro atoms. The Balaban J connectivity index is 2.64. The molecule has 1 aromatic carbocycles. The molecular weight excluding hydrogens is 229 g/mol. The molecule has 0 aliphatic heterocycles. The Labute approximate surface area is 110 Å². The summed E-state index contributed by atoms with van der Waals surface area (Å²) in [6.07, 6.45) is 1.79. The maximum Gasteiger partial charge on any atom is 0.126 e. The van der Waals surface area contributed by atoms with Crippen molar-refractivity contribution in [1.82, 2.24) is 5.32 Å². The Kier molecular flexibility index (Phi) is 6.91. The second kappa shape index (κ2) is 8.22. The van der Waals surface area contributed by atoms with Gasteiger partial charge in [0, 0.05) is 13.7 Å². The third-order valence-electron chi connectivity index (χ3n) is 3.49. The van der Waals surface area contributed by atoms with E-state index >= 15 is 0 Å². The molecule has 3 heteroatoms. The van der Waals surface area contributed by atoms with Crippen molar-refractivity contribution in [3.05, 3.63) is 35.6 Å². The van der Waals surface area contributed by atoms with E-state index in [1.54, 1.807) is 13.2 Å². The van der Waals surface area contributed by atoms with E-state index in [9.17, 15) is 4.39 Å². The van der Waals surface area contributed by atoms with E-state index in [-0.39, 0.29) is 5.82 Å². The zero-order valence-corrected chi connectivity index (χ0v) is 11.6. The van der Waals surface area contributed by atoms with Crippen LogP contribution >= 0.6 is 0 Å². The molecule has 1 N–H and O–H groups in total. The minimum Gasteiger partial charge on any atom is -0.385 e. The molecule has 1 rings (SSSR count). The van der Waals surface area contributed by atoms with E-state index in [1.807, 2.05) is 19.2 Å². The first-order chi connectivity index (χ1) is 8.69. The first kappa shape index (κ1) is 15.1.